The molecule has 1 rings (SSSR count). The molecule has 0 saturated carbocycles. The second-order valence-corrected chi connectivity index (χ2v) is 11.2. The fraction of sp³-hybridized carbons (Fsp3) is 0.611. The molecule has 0 aliphatic rings. The Hall–Kier alpha value is -0.880. The van der Waals surface area contributed by atoms with E-state index in [9.17, 15) is 4.79 Å². The Morgan fingerprint density at radius 1 is 1.05 bits per heavy atom. The lowest BCUT2D eigenvalue weighted by Gasteiger charge is -2.29. The molecule has 0 aliphatic heterocycles. The van der Waals surface area contributed by atoms with E-state index in [1.54, 1.807) is 0 Å². The van der Waals surface area contributed by atoms with Crippen LogP contribution in [0.3, 0.4) is 0 Å². The van der Waals surface area contributed by atoms with Crippen LogP contribution in [0.15, 0.2) is 12.1 Å². The van der Waals surface area contributed by atoms with E-state index in [4.69, 9.17) is 0 Å². The van der Waals surface area contributed by atoms with Gasteiger partial charge in [-0.15, -0.1) is 0 Å². The number of amides is 1. The number of rotatable bonds is 6. The van der Waals surface area contributed by atoms with Gasteiger partial charge in [0.15, 0.2) is 0 Å². The van der Waals surface area contributed by atoms with E-state index in [-0.39, 0.29) is 11.6 Å². The summed E-state index contributed by atoms with van der Waals surface area (Å²) < 4.78 is 0. The first-order valence-electron chi connectivity index (χ1n) is 8.05. The molecule has 1 amide bonds. The van der Waals surface area contributed by atoms with Crippen LogP contribution in [-0.4, -0.2) is 30.1 Å². The zero-order chi connectivity index (χ0) is 16.2. The molecule has 1 unspecified atom stereocenters. The molecule has 0 saturated heterocycles. The lowest BCUT2D eigenvalue weighted by Crippen LogP contribution is -2.31. The van der Waals surface area contributed by atoms with Crippen molar-refractivity contribution in [1.29, 1.82) is 0 Å². The van der Waals surface area contributed by atoms with E-state index in [1.807, 2.05) is 0 Å². The molecular weight excluding hydrogens is 277 g/mol. The van der Waals surface area contributed by atoms with E-state index in [1.165, 1.54) is 5.56 Å². The summed E-state index contributed by atoms with van der Waals surface area (Å²) >= 11 is 0. The molecule has 0 aromatic heterocycles. The minimum Gasteiger partial charge on any atom is -0.322 e. The van der Waals surface area contributed by atoms with Gasteiger partial charge in [-0.25, -0.2) is 0 Å². The molecule has 1 N–H and O–H groups in total. The van der Waals surface area contributed by atoms with Crippen LogP contribution >= 0.6 is 7.26 Å². The Morgan fingerprint density at radius 2 is 1.48 bits per heavy atom. The molecule has 1 aromatic carbocycles. The lowest BCUT2D eigenvalue weighted by atomic mass is 10.1. The van der Waals surface area contributed by atoms with Gasteiger partial charge in [0, 0.05) is 12.9 Å². The van der Waals surface area contributed by atoms with Gasteiger partial charge < -0.3 is 5.32 Å². The Labute approximate surface area is 131 Å². The summed E-state index contributed by atoms with van der Waals surface area (Å²) in [6.45, 7) is 15.1. The summed E-state index contributed by atoms with van der Waals surface area (Å²) in [5, 5.41) is 3.20. The van der Waals surface area contributed by atoms with Crippen LogP contribution < -0.4 is 5.32 Å². The average molecular weight is 308 g/mol. The molecule has 0 spiro atoms. The maximum Gasteiger partial charge on any atom is 0.264 e. The number of carbonyl (C=O) groups excluding carboxylic acids is 1. The van der Waals surface area contributed by atoms with Crippen LogP contribution in [0.1, 0.15) is 44.4 Å². The van der Waals surface area contributed by atoms with Gasteiger partial charge in [-0.05, 0) is 59.6 Å². The largest absolute Gasteiger partial charge is 0.322 e. The quantitative estimate of drug-likeness (QED) is 0.735. The fourth-order valence-corrected chi connectivity index (χ4v) is 6.89. The molecule has 2 nitrogen and oxygen atoms in total. The summed E-state index contributed by atoms with van der Waals surface area (Å²) in [7, 11) is -1.17. The van der Waals surface area contributed by atoms with Crippen molar-refractivity contribution >= 4 is 18.9 Å². The van der Waals surface area contributed by atoms with Crippen molar-refractivity contribution in [3.8, 4) is 0 Å². The van der Waals surface area contributed by atoms with Gasteiger partial charge in [0.05, 0.1) is 18.5 Å². The van der Waals surface area contributed by atoms with Crippen LogP contribution in [0.25, 0.3) is 0 Å². The molecule has 0 heterocycles. The van der Waals surface area contributed by atoms with Crippen molar-refractivity contribution in [2.24, 2.45) is 0 Å². The zero-order valence-electron chi connectivity index (χ0n) is 14.7. The van der Waals surface area contributed by atoms with Gasteiger partial charge in [0.25, 0.3) is 5.91 Å². The summed E-state index contributed by atoms with van der Waals surface area (Å²) in [5.74, 6) is 0.198. The minimum atomic E-state index is -1.17. The number of benzene rings is 1. The minimum absolute atomic E-state index is 0.137. The molecule has 3 heteroatoms. The standard InChI is InChI=1S/C18H30NOP/c1-8-21(9-2,10-3)16(7)18(20)19-17-14(5)11-13(4)12-15(17)6/h11-12,16H,8-10H2,1-7H3/p+1. The third kappa shape index (κ3) is 3.86. The normalized spacial score (nSPS) is 13.1. The van der Waals surface area contributed by atoms with Crippen LogP contribution in [0.2, 0.25) is 0 Å². The molecule has 118 valence electrons. The van der Waals surface area contributed by atoms with Crippen molar-refractivity contribution in [3.63, 3.8) is 0 Å². The first-order valence-corrected chi connectivity index (χ1v) is 10.5. The second-order valence-electron chi connectivity index (χ2n) is 6.11. The zero-order valence-corrected chi connectivity index (χ0v) is 15.6. The second kappa shape index (κ2) is 7.40. The monoisotopic (exact) mass is 308 g/mol. The molecule has 0 radical (unpaired) electrons. The predicted octanol–water partition coefficient (Wildman–Crippen LogP) is 5.02. The van der Waals surface area contributed by atoms with Gasteiger partial charge in [-0.2, -0.15) is 0 Å². The molecule has 1 atom stereocenters. The highest BCUT2D eigenvalue weighted by molar-refractivity contribution is 7.77. The van der Waals surface area contributed by atoms with Gasteiger partial charge in [-0.1, -0.05) is 17.7 Å². The van der Waals surface area contributed by atoms with E-state index >= 15 is 0 Å². The molecule has 1 aromatic rings. The van der Waals surface area contributed by atoms with Crippen LogP contribution in [0.4, 0.5) is 5.69 Å². The average Bonchev–Trinajstić information content (AvgIpc) is 2.44. The third-order valence-electron chi connectivity index (χ3n) is 5.02. The van der Waals surface area contributed by atoms with Crippen molar-refractivity contribution in [3.05, 3.63) is 28.8 Å². The van der Waals surface area contributed by atoms with E-state index in [0.29, 0.717) is 0 Å². The number of anilines is 1. The highest BCUT2D eigenvalue weighted by atomic mass is 31.2. The Bertz CT molecular complexity index is 475. The topological polar surface area (TPSA) is 29.1 Å². The number of hydrogen-bond acceptors (Lipinski definition) is 1. The Balaban J connectivity index is 3.01. The van der Waals surface area contributed by atoms with Crippen LogP contribution in [-0.2, 0) is 4.79 Å². The summed E-state index contributed by atoms with van der Waals surface area (Å²) in [5.41, 5.74) is 4.69. The van der Waals surface area contributed by atoms with Crippen molar-refractivity contribution in [2.45, 2.75) is 54.1 Å². The number of aryl methyl sites for hydroxylation is 3. The van der Waals surface area contributed by atoms with E-state index in [2.05, 4.69) is 65.9 Å². The number of nitrogens with one attached hydrogen (secondary N) is 1. The predicted molar refractivity (Wildman–Crippen MR) is 97.3 cm³/mol. The first-order chi connectivity index (χ1) is 9.81. The maximum atomic E-state index is 12.7. The third-order valence-corrected chi connectivity index (χ3v) is 10.7. The van der Waals surface area contributed by atoms with Crippen LogP contribution in [0.5, 0.6) is 0 Å². The van der Waals surface area contributed by atoms with Gasteiger partial charge in [0.1, 0.15) is 5.66 Å². The van der Waals surface area contributed by atoms with Crippen molar-refractivity contribution < 1.29 is 4.79 Å². The van der Waals surface area contributed by atoms with E-state index in [0.717, 1.165) is 35.3 Å². The van der Waals surface area contributed by atoms with Gasteiger partial charge in [0.2, 0.25) is 0 Å². The molecule has 0 fully saturated rings. The molecular formula is C18H31NOP+. The Kier molecular flexibility index (Phi) is 6.41. The summed E-state index contributed by atoms with van der Waals surface area (Å²) in [4.78, 5) is 12.7. The van der Waals surface area contributed by atoms with Crippen molar-refractivity contribution in [2.75, 3.05) is 23.8 Å². The summed E-state index contributed by atoms with van der Waals surface area (Å²) in [6.07, 6.45) is 3.46. The van der Waals surface area contributed by atoms with Crippen LogP contribution in [0, 0.1) is 20.8 Å². The number of carbonyl (C=O) groups is 1. The van der Waals surface area contributed by atoms with Gasteiger partial charge in [-0.3, -0.25) is 4.79 Å². The SMILES string of the molecule is CC[P+](CC)(CC)C(C)C(=O)Nc1c(C)cc(C)cc1C. The first kappa shape index (κ1) is 18.2. The fourth-order valence-electron chi connectivity index (χ4n) is 3.35. The van der Waals surface area contributed by atoms with Crippen molar-refractivity contribution in [1.82, 2.24) is 0 Å². The highest BCUT2D eigenvalue weighted by Gasteiger charge is 2.42. The van der Waals surface area contributed by atoms with Gasteiger partial charge >= 0.3 is 0 Å². The Morgan fingerprint density at radius 3 is 1.86 bits per heavy atom. The smallest absolute Gasteiger partial charge is 0.264 e. The number of hydrogen-bond donors (Lipinski definition) is 1. The molecule has 0 aliphatic carbocycles. The summed E-state index contributed by atoms with van der Waals surface area (Å²) in [6, 6.07) is 4.27. The molecule has 21 heavy (non-hydrogen) atoms. The highest BCUT2D eigenvalue weighted by Crippen LogP contribution is 2.62. The maximum absolute atomic E-state index is 12.7. The van der Waals surface area contributed by atoms with E-state index < -0.39 is 7.26 Å². The lowest BCUT2D eigenvalue weighted by molar-refractivity contribution is -0.115. The molecule has 0 bridgehead atoms.